The number of nitrogens with zero attached hydrogens (tertiary/aromatic N) is 1. The van der Waals surface area contributed by atoms with Crippen molar-refractivity contribution in [1.82, 2.24) is 4.90 Å². The number of carbonyl (C=O) groups excluding carboxylic acids is 1. The summed E-state index contributed by atoms with van der Waals surface area (Å²) in [6, 6.07) is 8.63. The zero-order chi connectivity index (χ0) is 14.5. The Morgan fingerprint density at radius 3 is 2.35 bits per heavy atom. The fourth-order valence-electron chi connectivity index (χ4n) is 3.22. The summed E-state index contributed by atoms with van der Waals surface area (Å²) in [7, 11) is 0. The molecule has 0 bridgehead atoms. The molecular weight excluding hydrogens is 246 g/mol. The lowest BCUT2D eigenvalue weighted by Crippen LogP contribution is -2.42. The first-order valence-electron chi connectivity index (χ1n) is 7.88. The van der Waals surface area contributed by atoms with E-state index in [2.05, 4.69) is 49.9 Å². The summed E-state index contributed by atoms with van der Waals surface area (Å²) in [4.78, 5) is 14.3. The van der Waals surface area contributed by atoms with Crippen LogP contribution in [0, 0.1) is 18.8 Å². The predicted octanol–water partition coefficient (Wildman–Crippen LogP) is 3.82. The predicted molar refractivity (Wildman–Crippen MR) is 83.6 cm³/mol. The Morgan fingerprint density at radius 2 is 1.75 bits per heavy atom. The van der Waals surface area contributed by atoms with E-state index in [-0.39, 0.29) is 0 Å². The highest BCUT2D eigenvalue weighted by Crippen LogP contribution is 2.21. The number of piperidine rings is 1. The Kier molecular flexibility index (Phi) is 5.22. The quantitative estimate of drug-likeness (QED) is 0.816. The second-order valence-electron chi connectivity index (χ2n) is 6.58. The Balaban J connectivity index is 1.76. The molecule has 0 N–H and O–H groups in total. The van der Waals surface area contributed by atoms with Gasteiger partial charge < -0.3 is 4.90 Å². The van der Waals surface area contributed by atoms with Crippen molar-refractivity contribution in [1.29, 1.82) is 0 Å². The molecule has 1 aromatic carbocycles. The van der Waals surface area contributed by atoms with E-state index in [4.69, 9.17) is 0 Å². The van der Waals surface area contributed by atoms with E-state index in [1.54, 1.807) is 0 Å². The average Bonchev–Trinajstić information content (AvgIpc) is 2.40. The fraction of sp³-hybridized carbons (Fsp3) is 0.611. The molecule has 1 aromatic rings. The zero-order valence-electron chi connectivity index (χ0n) is 13.1. The first-order chi connectivity index (χ1) is 9.54. The molecule has 1 aliphatic rings. The molecule has 2 nitrogen and oxygen atoms in total. The van der Waals surface area contributed by atoms with Gasteiger partial charge in [-0.05, 0) is 43.6 Å². The number of amides is 1. The van der Waals surface area contributed by atoms with Gasteiger partial charge in [0.1, 0.15) is 0 Å². The number of likely N-dealkylation sites (tertiary alicyclic amines) is 1. The smallest absolute Gasteiger partial charge is 0.222 e. The highest BCUT2D eigenvalue weighted by molar-refractivity contribution is 5.76. The summed E-state index contributed by atoms with van der Waals surface area (Å²) in [5.41, 5.74) is 2.63. The number of rotatable bonds is 4. The molecule has 1 amide bonds. The molecule has 1 aliphatic heterocycles. The molecule has 1 heterocycles. The average molecular weight is 273 g/mol. The van der Waals surface area contributed by atoms with Gasteiger partial charge in [0.2, 0.25) is 5.91 Å². The molecule has 20 heavy (non-hydrogen) atoms. The SMILES string of the molecule is Cc1ccc(CCCC(=O)N2CC(C)CC(C)C2)cc1. The number of hydrogen-bond donors (Lipinski definition) is 0. The Hall–Kier alpha value is -1.31. The highest BCUT2D eigenvalue weighted by atomic mass is 16.2. The van der Waals surface area contributed by atoms with Crippen LogP contribution in [0.5, 0.6) is 0 Å². The van der Waals surface area contributed by atoms with Crippen LogP contribution < -0.4 is 0 Å². The Labute approximate surface area is 123 Å². The van der Waals surface area contributed by atoms with Gasteiger partial charge >= 0.3 is 0 Å². The topological polar surface area (TPSA) is 20.3 Å². The van der Waals surface area contributed by atoms with Crippen LogP contribution in [0.4, 0.5) is 0 Å². The largest absolute Gasteiger partial charge is 0.342 e. The molecule has 0 aliphatic carbocycles. The number of carbonyl (C=O) groups is 1. The van der Waals surface area contributed by atoms with Gasteiger partial charge in [-0.1, -0.05) is 43.7 Å². The third-order valence-electron chi connectivity index (χ3n) is 4.20. The molecule has 2 heteroatoms. The van der Waals surface area contributed by atoms with Crippen molar-refractivity contribution in [2.75, 3.05) is 13.1 Å². The number of benzene rings is 1. The van der Waals surface area contributed by atoms with Gasteiger partial charge in [-0.25, -0.2) is 0 Å². The molecule has 2 unspecified atom stereocenters. The van der Waals surface area contributed by atoms with Gasteiger partial charge in [0.25, 0.3) is 0 Å². The van der Waals surface area contributed by atoms with Crippen LogP contribution >= 0.6 is 0 Å². The highest BCUT2D eigenvalue weighted by Gasteiger charge is 2.24. The fourth-order valence-corrected chi connectivity index (χ4v) is 3.22. The molecule has 2 rings (SSSR count). The maximum Gasteiger partial charge on any atom is 0.222 e. The van der Waals surface area contributed by atoms with Gasteiger partial charge in [0.05, 0.1) is 0 Å². The number of hydrogen-bond acceptors (Lipinski definition) is 1. The molecular formula is C18H27NO. The van der Waals surface area contributed by atoms with E-state index in [1.165, 1.54) is 17.5 Å². The van der Waals surface area contributed by atoms with E-state index in [1.807, 2.05) is 0 Å². The first kappa shape index (κ1) is 15.1. The van der Waals surface area contributed by atoms with Crippen molar-refractivity contribution in [2.24, 2.45) is 11.8 Å². The van der Waals surface area contributed by atoms with E-state index in [9.17, 15) is 4.79 Å². The molecule has 1 fully saturated rings. The molecule has 1 saturated heterocycles. The zero-order valence-corrected chi connectivity index (χ0v) is 13.1. The van der Waals surface area contributed by atoms with Crippen molar-refractivity contribution >= 4 is 5.91 Å². The third-order valence-corrected chi connectivity index (χ3v) is 4.20. The van der Waals surface area contributed by atoms with Gasteiger partial charge in [-0.15, -0.1) is 0 Å². The summed E-state index contributed by atoms with van der Waals surface area (Å²) in [5.74, 6) is 1.65. The maximum atomic E-state index is 12.3. The normalized spacial score (nSPS) is 22.9. The molecule has 0 aromatic heterocycles. The van der Waals surface area contributed by atoms with Crippen LogP contribution in [0.3, 0.4) is 0 Å². The summed E-state index contributed by atoms with van der Waals surface area (Å²) >= 11 is 0. The van der Waals surface area contributed by atoms with E-state index in [0.717, 1.165) is 25.9 Å². The van der Waals surface area contributed by atoms with Gasteiger partial charge in [0, 0.05) is 19.5 Å². The van der Waals surface area contributed by atoms with Crippen molar-refractivity contribution in [3.8, 4) is 0 Å². The summed E-state index contributed by atoms with van der Waals surface area (Å²) in [5, 5.41) is 0. The van der Waals surface area contributed by atoms with Crippen molar-refractivity contribution in [2.45, 2.75) is 46.5 Å². The maximum absolute atomic E-state index is 12.3. The molecule has 0 spiro atoms. The van der Waals surface area contributed by atoms with Gasteiger partial charge in [0.15, 0.2) is 0 Å². The van der Waals surface area contributed by atoms with E-state index < -0.39 is 0 Å². The molecule has 2 atom stereocenters. The second kappa shape index (κ2) is 6.92. The van der Waals surface area contributed by atoms with E-state index >= 15 is 0 Å². The van der Waals surface area contributed by atoms with Crippen LogP contribution in [-0.4, -0.2) is 23.9 Å². The van der Waals surface area contributed by atoms with Crippen LogP contribution in [-0.2, 0) is 11.2 Å². The van der Waals surface area contributed by atoms with Crippen molar-refractivity contribution < 1.29 is 4.79 Å². The van der Waals surface area contributed by atoms with Crippen molar-refractivity contribution in [3.05, 3.63) is 35.4 Å². The molecule has 110 valence electrons. The molecule has 0 radical (unpaired) electrons. The van der Waals surface area contributed by atoms with Crippen LogP contribution in [0.1, 0.15) is 44.2 Å². The van der Waals surface area contributed by atoms with Crippen LogP contribution in [0.15, 0.2) is 24.3 Å². The van der Waals surface area contributed by atoms with Crippen LogP contribution in [0.2, 0.25) is 0 Å². The van der Waals surface area contributed by atoms with Crippen molar-refractivity contribution in [3.63, 3.8) is 0 Å². The van der Waals surface area contributed by atoms with Gasteiger partial charge in [-0.3, -0.25) is 4.79 Å². The Morgan fingerprint density at radius 1 is 1.15 bits per heavy atom. The lowest BCUT2D eigenvalue weighted by molar-refractivity contribution is -0.133. The minimum absolute atomic E-state index is 0.343. The van der Waals surface area contributed by atoms with Gasteiger partial charge in [-0.2, -0.15) is 0 Å². The third kappa shape index (κ3) is 4.36. The second-order valence-corrected chi connectivity index (χ2v) is 6.58. The summed E-state index contributed by atoms with van der Waals surface area (Å²) in [6.07, 6.45) is 3.91. The minimum atomic E-state index is 0.343. The lowest BCUT2D eigenvalue weighted by atomic mass is 9.91. The lowest BCUT2D eigenvalue weighted by Gasteiger charge is -2.35. The number of aryl methyl sites for hydroxylation is 2. The summed E-state index contributed by atoms with van der Waals surface area (Å²) in [6.45, 7) is 8.51. The molecule has 0 saturated carbocycles. The standard InChI is InChI=1S/C18H27NO/c1-14-7-9-17(10-8-14)5-4-6-18(20)19-12-15(2)11-16(3)13-19/h7-10,15-16H,4-6,11-13H2,1-3H3. The minimum Gasteiger partial charge on any atom is -0.342 e. The Bertz CT molecular complexity index is 427. The first-order valence-corrected chi connectivity index (χ1v) is 7.88. The van der Waals surface area contributed by atoms with E-state index in [0.29, 0.717) is 24.2 Å². The summed E-state index contributed by atoms with van der Waals surface area (Å²) < 4.78 is 0. The monoisotopic (exact) mass is 273 g/mol. The van der Waals surface area contributed by atoms with Crippen LogP contribution in [0.25, 0.3) is 0 Å².